The third-order valence-electron chi connectivity index (χ3n) is 3.88. The van der Waals surface area contributed by atoms with Gasteiger partial charge in [0.1, 0.15) is 5.58 Å². The first-order valence-electron chi connectivity index (χ1n) is 7.76. The predicted molar refractivity (Wildman–Crippen MR) is 99.9 cm³/mol. The lowest BCUT2D eigenvalue weighted by Crippen LogP contribution is -2.22. The number of halogens is 1. The summed E-state index contributed by atoms with van der Waals surface area (Å²) in [5, 5.41) is 1.17. The molecule has 0 amide bonds. The summed E-state index contributed by atoms with van der Waals surface area (Å²) in [6.07, 6.45) is 6.16. The van der Waals surface area contributed by atoms with Gasteiger partial charge in [-0.3, -0.25) is 4.90 Å². The minimum atomic E-state index is 0. The first kappa shape index (κ1) is 17.3. The Morgan fingerprint density at radius 2 is 1.83 bits per heavy atom. The summed E-state index contributed by atoms with van der Waals surface area (Å²) >= 11 is 0. The molecule has 0 aliphatic carbocycles. The molecule has 1 heterocycles. The van der Waals surface area contributed by atoms with Crippen LogP contribution in [0.4, 0.5) is 0 Å². The zero-order valence-electron chi connectivity index (χ0n) is 13.3. The highest BCUT2D eigenvalue weighted by Gasteiger charge is 2.07. The summed E-state index contributed by atoms with van der Waals surface area (Å²) in [6.45, 7) is 5.04. The van der Waals surface area contributed by atoms with Crippen LogP contribution < -0.4 is 0 Å². The number of benzene rings is 2. The number of nitrogens with zero attached hydrogens (tertiary/aromatic N) is 1. The molecule has 0 fully saturated rings. The lowest BCUT2D eigenvalue weighted by Gasteiger charge is -2.18. The van der Waals surface area contributed by atoms with Gasteiger partial charge in [0.05, 0.1) is 6.26 Å². The lowest BCUT2D eigenvalue weighted by atomic mass is 10.1. The van der Waals surface area contributed by atoms with Crippen molar-refractivity contribution in [2.75, 3.05) is 13.1 Å². The van der Waals surface area contributed by atoms with E-state index in [0.29, 0.717) is 0 Å². The van der Waals surface area contributed by atoms with Crippen LogP contribution in [0.1, 0.15) is 18.1 Å². The van der Waals surface area contributed by atoms with Gasteiger partial charge in [-0.15, -0.1) is 12.4 Å². The van der Waals surface area contributed by atoms with Crippen molar-refractivity contribution in [3.8, 4) is 0 Å². The van der Waals surface area contributed by atoms with E-state index in [1.807, 2.05) is 12.1 Å². The van der Waals surface area contributed by atoms with Gasteiger partial charge in [-0.25, -0.2) is 0 Å². The van der Waals surface area contributed by atoms with Crippen LogP contribution in [-0.2, 0) is 6.54 Å². The fourth-order valence-electron chi connectivity index (χ4n) is 2.63. The summed E-state index contributed by atoms with van der Waals surface area (Å²) in [5.74, 6) is 0. The molecule has 0 spiro atoms. The van der Waals surface area contributed by atoms with E-state index in [9.17, 15) is 0 Å². The van der Waals surface area contributed by atoms with E-state index in [-0.39, 0.29) is 12.4 Å². The lowest BCUT2D eigenvalue weighted by molar-refractivity contribution is 0.311. The van der Waals surface area contributed by atoms with Crippen molar-refractivity contribution in [3.63, 3.8) is 0 Å². The van der Waals surface area contributed by atoms with Gasteiger partial charge in [-0.2, -0.15) is 0 Å². The Labute approximate surface area is 143 Å². The van der Waals surface area contributed by atoms with Gasteiger partial charge in [-0.05, 0) is 18.2 Å². The number of likely N-dealkylation sites (N-methyl/N-ethyl adjacent to an activating group) is 1. The quantitative estimate of drug-likeness (QED) is 0.603. The van der Waals surface area contributed by atoms with E-state index in [4.69, 9.17) is 4.42 Å². The number of furan rings is 1. The second-order valence-electron chi connectivity index (χ2n) is 5.40. The SMILES string of the molecule is CCN(C/C=C/c1ccccc1)Cc1cccc2ccoc12.Cl. The normalized spacial score (nSPS) is 11.2. The summed E-state index contributed by atoms with van der Waals surface area (Å²) in [7, 11) is 0. The van der Waals surface area contributed by atoms with E-state index in [0.717, 1.165) is 25.2 Å². The zero-order chi connectivity index (χ0) is 15.2. The summed E-state index contributed by atoms with van der Waals surface area (Å²) < 4.78 is 5.62. The number of fused-ring (bicyclic) bond motifs is 1. The van der Waals surface area contributed by atoms with Gasteiger partial charge in [0, 0.05) is 24.0 Å². The highest BCUT2D eigenvalue weighted by Crippen LogP contribution is 2.21. The van der Waals surface area contributed by atoms with Crippen LogP contribution in [0, 0.1) is 0 Å². The van der Waals surface area contributed by atoms with Crippen molar-refractivity contribution in [1.29, 1.82) is 0 Å². The Hall–Kier alpha value is -2.03. The molecule has 0 aliphatic heterocycles. The molecule has 0 saturated carbocycles. The van der Waals surface area contributed by atoms with Gasteiger partial charge in [0.25, 0.3) is 0 Å². The molecule has 0 N–H and O–H groups in total. The maximum absolute atomic E-state index is 5.62. The van der Waals surface area contributed by atoms with Crippen LogP contribution in [0.25, 0.3) is 17.0 Å². The average molecular weight is 328 g/mol. The summed E-state index contributed by atoms with van der Waals surface area (Å²) in [4.78, 5) is 2.40. The topological polar surface area (TPSA) is 16.4 Å². The van der Waals surface area contributed by atoms with Crippen molar-refractivity contribution in [1.82, 2.24) is 4.90 Å². The second-order valence-corrected chi connectivity index (χ2v) is 5.40. The van der Waals surface area contributed by atoms with E-state index in [1.165, 1.54) is 16.5 Å². The molecule has 0 bridgehead atoms. The predicted octanol–water partition coefficient (Wildman–Crippen LogP) is 5.39. The molecule has 3 aromatic rings. The Morgan fingerprint density at radius 1 is 1.00 bits per heavy atom. The van der Waals surface area contributed by atoms with Crippen LogP contribution in [0.5, 0.6) is 0 Å². The van der Waals surface area contributed by atoms with Crippen molar-refractivity contribution in [2.24, 2.45) is 0 Å². The second kappa shape index (κ2) is 8.56. The first-order chi connectivity index (χ1) is 10.9. The van der Waals surface area contributed by atoms with Gasteiger partial charge < -0.3 is 4.42 Å². The van der Waals surface area contributed by atoms with Crippen LogP contribution in [0.15, 0.2) is 71.4 Å². The Kier molecular flexibility index (Phi) is 6.45. The molecule has 23 heavy (non-hydrogen) atoms. The zero-order valence-corrected chi connectivity index (χ0v) is 14.1. The Bertz CT molecular complexity index is 748. The van der Waals surface area contributed by atoms with Gasteiger partial charge in [0.15, 0.2) is 0 Å². The molecular weight excluding hydrogens is 306 g/mol. The van der Waals surface area contributed by atoms with E-state index in [1.54, 1.807) is 6.26 Å². The third-order valence-corrected chi connectivity index (χ3v) is 3.88. The maximum atomic E-state index is 5.62. The molecule has 2 nitrogen and oxygen atoms in total. The van der Waals surface area contributed by atoms with Crippen LogP contribution >= 0.6 is 12.4 Å². The molecule has 0 unspecified atom stereocenters. The highest BCUT2D eigenvalue weighted by atomic mass is 35.5. The van der Waals surface area contributed by atoms with E-state index in [2.05, 4.69) is 66.4 Å². The van der Waals surface area contributed by atoms with Gasteiger partial charge >= 0.3 is 0 Å². The van der Waals surface area contributed by atoms with Crippen LogP contribution in [0.2, 0.25) is 0 Å². The van der Waals surface area contributed by atoms with Crippen molar-refractivity contribution in [3.05, 3.63) is 78.1 Å². The molecule has 0 radical (unpaired) electrons. The monoisotopic (exact) mass is 327 g/mol. The highest BCUT2D eigenvalue weighted by molar-refractivity contribution is 5.85. The number of rotatable bonds is 6. The molecular formula is C20H22ClNO. The number of para-hydroxylation sites is 1. The summed E-state index contributed by atoms with van der Waals surface area (Å²) in [5.41, 5.74) is 3.50. The van der Waals surface area contributed by atoms with Crippen LogP contribution in [-0.4, -0.2) is 18.0 Å². The van der Waals surface area contributed by atoms with E-state index >= 15 is 0 Å². The molecule has 0 aliphatic rings. The van der Waals surface area contributed by atoms with Crippen LogP contribution in [0.3, 0.4) is 0 Å². The van der Waals surface area contributed by atoms with E-state index < -0.39 is 0 Å². The minimum Gasteiger partial charge on any atom is -0.464 e. The molecule has 0 atom stereocenters. The first-order valence-corrected chi connectivity index (χ1v) is 7.76. The van der Waals surface area contributed by atoms with Crippen molar-refractivity contribution >= 4 is 29.5 Å². The number of hydrogen-bond donors (Lipinski definition) is 0. The van der Waals surface area contributed by atoms with Gasteiger partial charge in [0.2, 0.25) is 0 Å². The molecule has 3 heteroatoms. The minimum absolute atomic E-state index is 0. The molecule has 120 valence electrons. The Balaban J connectivity index is 0.00000192. The molecule has 2 aromatic carbocycles. The molecule has 1 aromatic heterocycles. The fourth-order valence-corrected chi connectivity index (χ4v) is 2.63. The smallest absolute Gasteiger partial charge is 0.138 e. The van der Waals surface area contributed by atoms with Gasteiger partial charge in [-0.1, -0.05) is 67.6 Å². The average Bonchev–Trinajstić information content (AvgIpc) is 3.04. The number of hydrogen-bond acceptors (Lipinski definition) is 2. The molecule has 3 rings (SSSR count). The Morgan fingerprint density at radius 3 is 2.61 bits per heavy atom. The largest absolute Gasteiger partial charge is 0.464 e. The van der Waals surface area contributed by atoms with Crippen molar-refractivity contribution in [2.45, 2.75) is 13.5 Å². The molecule has 0 saturated heterocycles. The fraction of sp³-hybridized carbons (Fsp3) is 0.200. The standard InChI is InChI=1S/C20H21NO.ClH/c1-2-21(14-7-10-17-8-4-3-5-9-17)16-19-12-6-11-18-13-15-22-20(18)19;/h3-13,15H,2,14,16H2,1H3;1H/b10-7+;. The van der Waals surface area contributed by atoms with Crippen molar-refractivity contribution < 1.29 is 4.42 Å². The third kappa shape index (κ3) is 4.47. The summed E-state index contributed by atoms with van der Waals surface area (Å²) in [6, 6.07) is 18.8. The maximum Gasteiger partial charge on any atom is 0.138 e.